The molecule has 0 aromatic rings. The Hall–Kier alpha value is -0.160. The molecule has 8 heavy (non-hydrogen) atoms. The topological polar surface area (TPSA) is 58.7 Å². The van der Waals surface area contributed by atoms with E-state index in [1.54, 1.807) is 0 Å². The highest BCUT2D eigenvalue weighted by Gasteiger charge is 1.87. The zero-order valence-corrected chi connectivity index (χ0v) is 5.00. The molecule has 4 nitrogen and oxygen atoms in total. The van der Waals surface area contributed by atoms with Gasteiger partial charge in [0.1, 0.15) is 0 Å². The molecule has 0 unspecified atom stereocenters. The highest BCUT2D eigenvalue weighted by atomic mass is 16.9. The number of hydrogen-bond donors (Lipinski definition) is 2. The average Bonchev–Trinajstić information content (AvgIpc) is 1.66. The van der Waals surface area contributed by atoms with Crippen LogP contribution in [0, 0.1) is 0 Å². The van der Waals surface area contributed by atoms with E-state index in [-0.39, 0.29) is 5.34 Å². The van der Waals surface area contributed by atoms with E-state index in [9.17, 15) is 0 Å². The van der Waals surface area contributed by atoms with Crippen LogP contribution in [-0.2, 0) is 4.84 Å². The summed E-state index contributed by atoms with van der Waals surface area (Å²) < 4.78 is 0. The third-order valence-electron chi connectivity index (χ3n) is 0.721. The number of rotatable bonds is 4. The number of unbranched alkanes of at least 4 members (excludes halogenated alkanes) is 1. The Morgan fingerprint density at radius 3 is 2.75 bits per heavy atom. The van der Waals surface area contributed by atoms with Gasteiger partial charge in [-0.3, -0.25) is 10.0 Å². The average molecular weight is 120 g/mol. The van der Waals surface area contributed by atoms with Crippen LogP contribution < -0.4 is 5.84 Å². The van der Waals surface area contributed by atoms with Crippen molar-refractivity contribution in [3.63, 3.8) is 0 Å². The van der Waals surface area contributed by atoms with Gasteiger partial charge in [0.2, 0.25) is 0 Å². The normalized spacial score (nSPS) is 10.5. The summed E-state index contributed by atoms with van der Waals surface area (Å²) in [6.07, 6.45) is 1.95. The fourth-order valence-corrected chi connectivity index (χ4v) is 0.302. The minimum absolute atomic E-state index is 0.232. The monoisotopic (exact) mass is 120 g/mol. The van der Waals surface area contributed by atoms with E-state index in [4.69, 9.17) is 11.0 Å². The number of hydrogen-bond acceptors (Lipinski definition) is 4. The Balaban J connectivity index is 2.72. The van der Waals surface area contributed by atoms with Crippen molar-refractivity contribution in [2.24, 2.45) is 5.84 Å². The lowest BCUT2D eigenvalue weighted by Crippen LogP contribution is -2.27. The van der Waals surface area contributed by atoms with Gasteiger partial charge < -0.3 is 0 Å². The van der Waals surface area contributed by atoms with Crippen LogP contribution >= 0.6 is 0 Å². The minimum atomic E-state index is 0.232. The SMILES string of the molecule is CCCCON(N)O. The highest BCUT2D eigenvalue weighted by molar-refractivity contribution is 4.26. The zero-order valence-electron chi connectivity index (χ0n) is 5.00. The van der Waals surface area contributed by atoms with Crippen molar-refractivity contribution < 1.29 is 10.0 Å². The Kier molecular flexibility index (Phi) is 4.89. The van der Waals surface area contributed by atoms with Crippen molar-refractivity contribution in [1.29, 1.82) is 0 Å². The summed E-state index contributed by atoms with van der Waals surface area (Å²) in [5.41, 5.74) is 0. The standard InChI is InChI=1S/C4H12N2O2/c1-2-3-4-8-6(5)7/h7H,2-5H2,1H3. The first kappa shape index (κ1) is 7.84. The molecule has 0 saturated heterocycles. The lowest BCUT2D eigenvalue weighted by atomic mass is 10.4. The molecule has 0 aliphatic carbocycles. The second-order valence-corrected chi connectivity index (χ2v) is 1.49. The zero-order chi connectivity index (χ0) is 6.41. The largest absolute Gasteiger partial charge is 0.276 e. The van der Waals surface area contributed by atoms with Crippen molar-refractivity contribution in [2.75, 3.05) is 6.61 Å². The fourth-order valence-electron chi connectivity index (χ4n) is 0.302. The van der Waals surface area contributed by atoms with Gasteiger partial charge in [0, 0.05) is 5.34 Å². The molecule has 0 heterocycles. The quantitative estimate of drug-likeness (QED) is 0.318. The van der Waals surface area contributed by atoms with E-state index >= 15 is 0 Å². The maximum atomic E-state index is 8.17. The molecule has 0 fully saturated rings. The van der Waals surface area contributed by atoms with Gasteiger partial charge in [-0.15, -0.1) is 0 Å². The van der Waals surface area contributed by atoms with Crippen molar-refractivity contribution in [1.82, 2.24) is 5.34 Å². The van der Waals surface area contributed by atoms with Gasteiger partial charge in [0.05, 0.1) is 6.61 Å². The molecule has 0 spiro atoms. The van der Waals surface area contributed by atoms with E-state index in [0.29, 0.717) is 6.61 Å². The van der Waals surface area contributed by atoms with Gasteiger partial charge >= 0.3 is 0 Å². The summed E-state index contributed by atoms with van der Waals surface area (Å²) >= 11 is 0. The van der Waals surface area contributed by atoms with Gasteiger partial charge in [-0.25, -0.2) is 5.84 Å². The third kappa shape index (κ3) is 5.84. The Labute approximate surface area is 48.7 Å². The molecule has 0 amide bonds. The first-order valence-electron chi connectivity index (χ1n) is 2.64. The van der Waals surface area contributed by atoms with Gasteiger partial charge in [-0.05, 0) is 6.42 Å². The molecular weight excluding hydrogens is 108 g/mol. The summed E-state index contributed by atoms with van der Waals surface area (Å²) in [5, 5.41) is 8.40. The molecule has 0 atom stereocenters. The van der Waals surface area contributed by atoms with Crippen LogP contribution in [0.25, 0.3) is 0 Å². The highest BCUT2D eigenvalue weighted by Crippen LogP contribution is 1.86. The summed E-state index contributed by atoms with van der Waals surface area (Å²) in [7, 11) is 0. The van der Waals surface area contributed by atoms with Crippen LogP contribution in [0.5, 0.6) is 0 Å². The van der Waals surface area contributed by atoms with Gasteiger partial charge in [-0.2, -0.15) is 0 Å². The first-order valence-corrected chi connectivity index (χ1v) is 2.64. The van der Waals surface area contributed by atoms with Crippen molar-refractivity contribution >= 4 is 0 Å². The van der Waals surface area contributed by atoms with E-state index in [2.05, 4.69) is 4.84 Å². The molecule has 0 aromatic heterocycles. The van der Waals surface area contributed by atoms with Crippen LogP contribution in [0.2, 0.25) is 0 Å². The molecule has 0 aromatic carbocycles. The maximum absolute atomic E-state index is 8.17. The first-order chi connectivity index (χ1) is 3.77. The number of nitrogens with two attached hydrogens (primary N) is 1. The minimum Gasteiger partial charge on any atom is -0.276 e. The summed E-state index contributed by atoms with van der Waals surface area (Å²) in [6.45, 7) is 2.51. The molecule has 0 saturated carbocycles. The summed E-state index contributed by atoms with van der Waals surface area (Å²) in [6, 6.07) is 0. The molecule has 0 aliphatic rings. The predicted molar refractivity (Wildman–Crippen MR) is 28.7 cm³/mol. The maximum Gasteiger partial charge on any atom is 0.0726 e. The van der Waals surface area contributed by atoms with Crippen molar-refractivity contribution in [2.45, 2.75) is 19.8 Å². The van der Waals surface area contributed by atoms with Crippen molar-refractivity contribution in [3.05, 3.63) is 0 Å². The van der Waals surface area contributed by atoms with Crippen molar-refractivity contribution in [3.8, 4) is 0 Å². The molecular formula is C4H12N2O2. The van der Waals surface area contributed by atoms with E-state index in [1.807, 2.05) is 6.92 Å². The van der Waals surface area contributed by atoms with Crippen LogP contribution in [0.3, 0.4) is 0 Å². The Bertz CT molecular complexity index is 49.3. The Morgan fingerprint density at radius 1 is 1.75 bits per heavy atom. The van der Waals surface area contributed by atoms with Crippen LogP contribution in [0.4, 0.5) is 0 Å². The predicted octanol–water partition coefficient (Wildman–Crippen LogP) is 0.283. The Morgan fingerprint density at radius 2 is 2.38 bits per heavy atom. The third-order valence-corrected chi connectivity index (χ3v) is 0.721. The number of nitrogens with zero attached hydrogens (tertiary/aromatic N) is 1. The van der Waals surface area contributed by atoms with Gasteiger partial charge in [-0.1, -0.05) is 13.3 Å². The molecule has 4 heteroatoms. The van der Waals surface area contributed by atoms with Crippen LogP contribution in [0.15, 0.2) is 0 Å². The van der Waals surface area contributed by atoms with E-state index < -0.39 is 0 Å². The second-order valence-electron chi connectivity index (χ2n) is 1.49. The lowest BCUT2D eigenvalue weighted by Gasteiger charge is -2.05. The molecule has 0 rings (SSSR count). The molecule has 0 bridgehead atoms. The molecule has 50 valence electrons. The van der Waals surface area contributed by atoms with E-state index in [1.165, 1.54) is 0 Å². The van der Waals surface area contributed by atoms with Gasteiger partial charge in [0.15, 0.2) is 0 Å². The summed E-state index contributed by atoms with van der Waals surface area (Å²) in [4.78, 5) is 4.45. The van der Waals surface area contributed by atoms with Gasteiger partial charge in [0.25, 0.3) is 0 Å². The van der Waals surface area contributed by atoms with Crippen LogP contribution in [0.1, 0.15) is 19.8 Å². The fraction of sp³-hybridized carbons (Fsp3) is 1.00. The molecule has 0 aliphatic heterocycles. The van der Waals surface area contributed by atoms with E-state index in [0.717, 1.165) is 12.8 Å². The van der Waals surface area contributed by atoms with Crippen LogP contribution in [-0.4, -0.2) is 17.1 Å². The smallest absolute Gasteiger partial charge is 0.0726 e. The molecule has 0 radical (unpaired) electrons. The lowest BCUT2D eigenvalue weighted by molar-refractivity contribution is -0.344. The second kappa shape index (κ2) is 4.99. The summed E-state index contributed by atoms with van der Waals surface area (Å²) in [5.74, 6) is 4.70. The number of hydrazine groups is 1. The molecule has 3 N–H and O–H groups in total.